The lowest BCUT2D eigenvalue weighted by Crippen LogP contribution is -1.94. The summed E-state index contributed by atoms with van der Waals surface area (Å²) < 4.78 is 0.547. The lowest BCUT2D eigenvalue weighted by atomic mass is 10.1. The first-order chi connectivity index (χ1) is 7.20. The third kappa shape index (κ3) is 3.23. The molecule has 2 radical (unpaired) electrons. The van der Waals surface area contributed by atoms with Gasteiger partial charge in [0.2, 0.25) is 0 Å². The highest BCUT2D eigenvalue weighted by Crippen LogP contribution is 2.32. The first kappa shape index (κ1) is 12.6. The first-order valence-electron chi connectivity index (χ1n) is 5.73. The van der Waals surface area contributed by atoms with Crippen molar-refractivity contribution in [1.82, 2.24) is 0 Å². The Labute approximate surface area is 102 Å². The fourth-order valence-electron chi connectivity index (χ4n) is 1.51. The molecule has 1 aromatic carbocycles. The lowest BCUT2D eigenvalue weighted by Gasteiger charge is -2.06. The van der Waals surface area contributed by atoms with Crippen LogP contribution in [0, 0.1) is 0 Å². The summed E-state index contributed by atoms with van der Waals surface area (Å²) in [6.07, 6.45) is 4.90. The van der Waals surface area contributed by atoms with E-state index in [2.05, 4.69) is 67.4 Å². The van der Waals surface area contributed by atoms with Gasteiger partial charge in [0.15, 0.2) is 0 Å². The molecular weight excluding hydrogens is 195 g/mol. The molecule has 78 valence electrons. The zero-order valence-electron chi connectivity index (χ0n) is 9.96. The third-order valence-electron chi connectivity index (χ3n) is 2.70. The van der Waals surface area contributed by atoms with E-state index in [1.807, 2.05) is 0 Å². The average molecular weight is 214 g/mol. The Hall–Kier alpha value is -0.508. The molecular formula is C14H19Al. The number of fused-ring (bicyclic) bond motifs is 1. The number of hydrogen-bond donors (Lipinski definition) is 0. The van der Waals surface area contributed by atoms with Crippen molar-refractivity contribution < 1.29 is 0 Å². The fourth-order valence-corrected chi connectivity index (χ4v) is 1.91. The predicted molar refractivity (Wildman–Crippen MR) is 69.2 cm³/mol. The molecule has 0 spiro atoms. The summed E-state index contributed by atoms with van der Waals surface area (Å²) in [6, 6.07) is 8.55. The van der Waals surface area contributed by atoms with E-state index in [4.69, 9.17) is 0 Å². The van der Waals surface area contributed by atoms with Crippen LogP contribution in [0.4, 0.5) is 0 Å². The second-order valence-corrected chi connectivity index (χ2v) is 4.66. The van der Waals surface area contributed by atoms with Crippen molar-refractivity contribution in [3.05, 3.63) is 41.0 Å². The van der Waals surface area contributed by atoms with Crippen LogP contribution in [0.25, 0.3) is 6.08 Å². The minimum Gasteiger partial charge on any atom is -0.0809 e. The molecule has 0 N–H and O–H groups in total. The molecule has 0 fully saturated rings. The maximum atomic E-state index is 2.87. The molecule has 1 aliphatic carbocycles. The summed E-state index contributed by atoms with van der Waals surface area (Å²) in [4.78, 5) is 0. The highest BCUT2D eigenvalue weighted by molar-refractivity contribution is 6.16. The zero-order valence-corrected chi connectivity index (χ0v) is 11.1. The SMILES string of the molecule is CC1=Cc2ccccc2[CH]1[Al].CCCC. The monoisotopic (exact) mass is 214 g/mol. The molecule has 0 aliphatic heterocycles. The molecule has 0 aromatic heterocycles. The number of benzene rings is 1. The van der Waals surface area contributed by atoms with Crippen molar-refractivity contribution in [1.29, 1.82) is 0 Å². The Morgan fingerprint density at radius 1 is 1.13 bits per heavy atom. The summed E-state index contributed by atoms with van der Waals surface area (Å²) in [7, 11) is 0. The molecule has 1 heteroatoms. The summed E-state index contributed by atoms with van der Waals surface area (Å²) in [5.41, 5.74) is 4.26. The maximum absolute atomic E-state index is 2.87. The Morgan fingerprint density at radius 2 is 1.73 bits per heavy atom. The number of allylic oxidation sites excluding steroid dienone is 1. The third-order valence-corrected chi connectivity index (χ3v) is 3.59. The van der Waals surface area contributed by atoms with E-state index in [9.17, 15) is 0 Å². The van der Waals surface area contributed by atoms with Crippen LogP contribution in [-0.2, 0) is 0 Å². The van der Waals surface area contributed by atoms with Gasteiger partial charge in [-0.2, -0.15) is 0 Å². The number of unbranched alkanes of at least 4 members (excludes halogenated alkanes) is 1. The summed E-state index contributed by atoms with van der Waals surface area (Å²) in [5.74, 6) is 0. The van der Waals surface area contributed by atoms with Crippen molar-refractivity contribution in [2.75, 3.05) is 0 Å². The van der Waals surface area contributed by atoms with Crippen LogP contribution >= 0.6 is 0 Å². The topological polar surface area (TPSA) is 0 Å². The molecule has 15 heavy (non-hydrogen) atoms. The van der Waals surface area contributed by atoms with E-state index in [1.54, 1.807) is 0 Å². The van der Waals surface area contributed by atoms with Gasteiger partial charge in [0, 0.05) is 0 Å². The van der Waals surface area contributed by atoms with Gasteiger partial charge in [0.25, 0.3) is 0 Å². The molecule has 0 saturated heterocycles. The minimum atomic E-state index is 0.547. The molecule has 1 aliphatic rings. The Balaban J connectivity index is 0.000000245. The summed E-state index contributed by atoms with van der Waals surface area (Å²) in [5, 5.41) is 0. The van der Waals surface area contributed by atoms with Gasteiger partial charge in [-0.3, -0.25) is 0 Å². The molecule has 0 saturated carbocycles. The Bertz CT molecular complexity index is 337. The van der Waals surface area contributed by atoms with Crippen LogP contribution < -0.4 is 0 Å². The fraction of sp³-hybridized carbons (Fsp3) is 0.429. The second-order valence-electron chi connectivity index (χ2n) is 3.99. The van der Waals surface area contributed by atoms with Gasteiger partial charge in [-0.1, -0.05) is 67.4 Å². The standard InChI is InChI=1S/C10H9.C4H10.Al/c1-8-6-9-4-2-3-5-10(9)7-8;1-3-4-2;/h2-7H,1H3;3-4H2,1-2H3;. The van der Waals surface area contributed by atoms with Gasteiger partial charge < -0.3 is 0 Å². The maximum Gasteiger partial charge on any atom is 0.139 e. The van der Waals surface area contributed by atoms with Crippen molar-refractivity contribution in [3.63, 3.8) is 0 Å². The van der Waals surface area contributed by atoms with Crippen LogP contribution in [0.5, 0.6) is 0 Å². The highest BCUT2D eigenvalue weighted by atomic mass is 27.0. The second kappa shape index (κ2) is 6.16. The van der Waals surface area contributed by atoms with E-state index in [-0.39, 0.29) is 0 Å². The quantitative estimate of drug-likeness (QED) is 0.617. The highest BCUT2D eigenvalue weighted by Gasteiger charge is 2.15. The van der Waals surface area contributed by atoms with Gasteiger partial charge in [-0.25, -0.2) is 0 Å². The molecule has 0 heterocycles. The van der Waals surface area contributed by atoms with Crippen LogP contribution in [0.3, 0.4) is 0 Å². The van der Waals surface area contributed by atoms with Gasteiger partial charge in [0.05, 0.1) is 0 Å². The largest absolute Gasteiger partial charge is 0.139 e. The van der Waals surface area contributed by atoms with E-state index >= 15 is 0 Å². The summed E-state index contributed by atoms with van der Waals surface area (Å²) >= 11 is 2.87. The smallest absolute Gasteiger partial charge is 0.0809 e. The number of hydrogen-bond acceptors (Lipinski definition) is 0. The van der Waals surface area contributed by atoms with Crippen LogP contribution in [0.2, 0.25) is 0 Å². The minimum absolute atomic E-state index is 0.547. The van der Waals surface area contributed by atoms with Gasteiger partial charge in [-0.15, -0.1) is 0 Å². The lowest BCUT2D eigenvalue weighted by molar-refractivity contribution is 0.886. The molecule has 0 bridgehead atoms. The average Bonchev–Trinajstić information content (AvgIpc) is 2.56. The zero-order chi connectivity index (χ0) is 11.3. The first-order valence-corrected chi connectivity index (χ1v) is 6.40. The van der Waals surface area contributed by atoms with E-state index in [0.29, 0.717) is 4.78 Å². The van der Waals surface area contributed by atoms with Crippen molar-refractivity contribution in [2.45, 2.75) is 38.4 Å². The van der Waals surface area contributed by atoms with E-state index < -0.39 is 0 Å². The Kier molecular flexibility index (Phi) is 5.16. The van der Waals surface area contributed by atoms with Gasteiger partial charge >= 0.3 is 0 Å². The molecule has 2 rings (SSSR count). The Morgan fingerprint density at radius 3 is 2.27 bits per heavy atom. The summed E-state index contributed by atoms with van der Waals surface area (Å²) in [6.45, 7) is 6.54. The molecule has 1 atom stereocenters. The van der Waals surface area contributed by atoms with Crippen molar-refractivity contribution in [2.24, 2.45) is 0 Å². The van der Waals surface area contributed by atoms with E-state index in [0.717, 1.165) is 0 Å². The molecule has 1 aromatic rings. The van der Waals surface area contributed by atoms with E-state index in [1.165, 1.54) is 29.5 Å². The van der Waals surface area contributed by atoms with Gasteiger partial charge in [-0.05, 0) is 18.1 Å². The number of rotatable bonds is 1. The predicted octanol–water partition coefficient (Wildman–Crippen LogP) is 4.12. The van der Waals surface area contributed by atoms with Crippen LogP contribution in [0.1, 0.15) is 49.5 Å². The van der Waals surface area contributed by atoms with Gasteiger partial charge in [0.1, 0.15) is 16.3 Å². The molecule has 1 unspecified atom stereocenters. The molecule has 0 amide bonds. The van der Waals surface area contributed by atoms with Crippen molar-refractivity contribution in [3.8, 4) is 0 Å². The van der Waals surface area contributed by atoms with Crippen molar-refractivity contribution >= 4 is 22.4 Å². The van der Waals surface area contributed by atoms with Crippen LogP contribution in [0.15, 0.2) is 29.8 Å². The normalized spacial score (nSPS) is 17.5. The molecule has 0 nitrogen and oxygen atoms in total. The van der Waals surface area contributed by atoms with Crippen LogP contribution in [-0.4, -0.2) is 16.3 Å².